The molecule has 1 fully saturated rings. The molecule has 2 aliphatic rings. The van der Waals surface area contributed by atoms with Gasteiger partial charge in [0, 0.05) is 12.6 Å². The van der Waals surface area contributed by atoms with Crippen molar-refractivity contribution in [2.24, 2.45) is 11.8 Å². The van der Waals surface area contributed by atoms with E-state index in [1.54, 1.807) is 5.57 Å². The van der Waals surface area contributed by atoms with Gasteiger partial charge in [0.25, 0.3) is 0 Å². The van der Waals surface area contributed by atoms with Gasteiger partial charge in [-0.3, -0.25) is 0 Å². The smallest absolute Gasteiger partial charge is 0.0287 e. The molecule has 0 spiro atoms. The second kappa shape index (κ2) is 3.36. The van der Waals surface area contributed by atoms with E-state index in [1.165, 1.54) is 25.8 Å². The molecule has 1 saturated heterocycles. The second-order valence-corrected chi connectivity index (χ2v) is 4.91. The van der Waals surface area contributed by atoms with Gasteiger partial charge < -0.3 is 4.90 Å². The molecule has 0 bridgehead atoms. The number of allylic oxidation sites excluding steroid dienone is 1. The van der Waals surface area contributed by atoms with E-state index in [0.717, 1.165) is 17.9 Å². The Morgan fingerprint density at radius 1 is 1.38 bits per heavy atom. The van der Waals surface area contributed by atoms with Crippen LogP contribution in [0.2, 0.25) is 0 Å². The van der Waals surface area contributed by atoms with Gasteiger partial charge in [-0.25, -0.2) is 0 Å². The minimum Gasteiger partial charge on any atom is -0.374 e. The average molecular weight is 179 g/mol. The lowest BCUT2D eigenvalue weighted by molar-refractivity contribution is 0.292. The largest absolute Gasteiger partial charge is 0.374 e. The average Bonchev–Trinajstić information content (AvgIpc) is 2.47. The van der Waals surface area contributed by atoms with Crippen LogP contribution in [0.1, 0.15) is 40.0 Å². The van der Waals surface area contributed by atoms with Gasteiger partial charge in [0.05, 0.1) is 0 Å². The zero-order valence-corrected chi connectivity index (χ0v) is 9.09. The third-order valence-electron chi connectivity index (χ3n) is 4.01. The van der Waals surface area contributed by atoms with E-state index < -0.39 is 0 Å². The SMILES string of the molecule is CC1=CN2CCCC2C[C@@H](C)C1C. The summed E-state index contributed by atoms with van der Waals surface area (Å²) in [5.41, 5.74) is 1.58. The molecule has 0 aliphatic carbocycles. The molecule has 0 aromatic rings. The highest BCUT2D eigenvalue weighted by atomic mass is 15.2. The zero-order valence-electron chi connectivity index (χ0n) is 9.09. The Bertz CT molecular complexity index is 219. The summed E-state index contributed by atoms with van der Waals surface area (Å²) >= 11 is 0. The Kier molecular flexibility index (Phi) is 2.35. The van der Waals surface area contributed by atoms with Crippen LogP contribution >= 0.6 is 0 Å². The number of hydrogen-bond acceptors (Lipinski definition) is 1. The fourth-order valence-corrected chi connectivity index (χ4v) is 2.74. The predicted octanol–water partition coefficient (Wildman–Crippen LogP) is 3.03. The van der Waals surface area contributed by atoms with Gasteiger partial charge in [-0.2, -0.15) is 0 Å². The molecule has 0 radical (unpaired) electrons. The Morgan fingerprint density at radius 2 is 2.15 bits per heavy atom. The van der Waals surface area contributed by atoms with Crippen molar-refractivity contribution in [2.45, 2.75) is 46.1 Å². The van der Waals surface area contributed by atoms with Crippen LogP contribution in [0.4, 0.5) is 0 Å². The molecule has 0 saturated carbocycles. The molecular formula is C12H21N. The Hall–Kier alpha value is -0.460. The summed E-state index contributed by atoms with van der Waals surface area (Å²) in [6.45, 7) is 8.37. The van der Waals surface area contributed by atoms with Gasteiger partial charge in [0.1, 0.15) is 0 Å². The Labute approximate surface area is 81.8 Å². The van der Waals surface area contributed by atoms with Crippen LogP contribution < -0.4 is 0 Å². The summed E-state index contributed by atoms with van der Waals surface area (Å²) in [7, 11) is 0. The fraction of sp³-hybridized carbons (Fsp3) is 0.833. The summed E-state index contributed by atoms with van der Waals surface area (Å²) in [6, 6.07) is 0.856. The minimum atomic E-state index is 0.783. The maximum atomic E-state index is 2.58. The third kappa shape index (κ3) is 1.61. The molecular weight excluding hydrogens is 158 g/mol. The maximum Gasteiger partial charge on any atom is 0.0287 e. The molecule has 1 heteroatoms. The van der Waals surface area contributed by atoms with E-state index in [1.807, 2.05) is 0 Å². The standard InChI is InChI=1S/C12H21N/c1-9-7-12-5-4-6-13(12)8-10(2)11(9)3/h8-9,11-12H,4-7H2,1-3H3/t9-,11?,12?/m1/s1. The van der Waals surface area contributed by atoms with Crippen molar-refractivity contribution in [3.63, 3.8) is 0 Å². The quantitative estimate of drug-likeness (QED) is 0.552. The third-order valence-corrected chi connectivity index (χ3v) is 4.01. The summed E-state index contributed by atoms with van der Waals surface area (Å²) < 4.78 is 0. The second-order valence-electron chi connectivity index (χ2n) is 4.91. The van der Waals surface area contributed by atoms with Crippen LogP contribution in [0.5, 0.6) is 0 Å². The molecule has 13 heavy (non-hydrogen) atoms. The molecule has 1 nitrogen and oxygen atoms in total. The van der Waals surface area contributed by atoms with Crippen molar-refractivity contribution in [2.75, 3.05) is 6.54 Å². The molecule has 3 atom stereocenters. The summed E-state index contributed by atoms with van der Waals surface area (Å²) in [5.74, 6) is 1.65. The highest BCUT2D eigenvalue weighted by Crippen LogP contribution is 2.34. The van der Waals surface area contributed by atoms with Crippen LogP contribution in [0.3, 0.4) is 0 Å². The first-order valence-corrected chi connectivity index (χ1v) is 5.62. The molecule has 2 heterocycles. The Balaban J connectivity index is 2.20. The van der Waals surface area contributed by atoms with Crippen molar-refractivity contribution in [1.29, 1.82) is 0 Å². The molecule has 0 aromatic carbocycles. The van der Waals surface area contributed by atoms with E-state index in [4.69, 9.17) is 0 Å². The summed E-state index contributed by atoms with van der Waals surface area (Å²) in [5, 5.41) is 0. The van der Waals surface area contributed by atoms with Crippen LogP contribution in [0.25, 0.3) is 0 Å². The lowest BCUT2D eigenvalue weighted by Gasteiger charge is -2.23. The fourth-order valence-electron chi connectivity index (χ4n) is 2.74. The highest BCUT2D eigenvalue weighted by molar-refractivity contribution is 5.08. The molecule has 0 N–H and O–H groups in total. The number of nitrogens with zero attached hydrogens (tertiary/aromatic N) is 1. The normalized spacial score (nSPS) is 39.8. The van der Waals surface area contributed by atoms with Crippen molar-refractivity contribution >= 4 is 0 Å². The van der Waals surface area contributed by atoms with E-state index in [2.05, 4.69) is 31.9 Å². The van der Waals surface area contributed by atoms with Gasteiger partial charge in [-0.1, -0.05) is 19.4 Å². The van der Waals surface area contributed by atoms with E-state index in [0.29, 0.717) is 0 Å². The topological polar surface area (TPSA) is 3.24 Å². The van der Waals surface area contributed by atoms with Crippen LogP contribution in [-0.2, 0) is 0 Å². The van der Waals surface area contributed by atoms with E-state index >= 15 is 0 Å². The molecule has 74 valence electrons. The van der Waals surface area contributed by atoms with Crippen molar-refractivity contribution in [3.05, 3.63) is 11.8 Å². The molecule has 0 amide bonds. The first kappa shape index (κ1) is 9.11. The first-order valence-electron chi connectivity index (χ1n) is 5.62. The molecule has 2 aliphatic heterocycles. The van der Waals surface area contributed by atoms with Crippen LogP contribution in [-0.4, -0.2) is 17.5 Å². The summed E-state index contributed by atoms with van der Waals surface area (Å²) in [4.78, 5) is 2.58. The molecule has 2 unspecified atom stereocenters. The van der Waals surface area contributed by atoms with Gasteiger partial charge in [0.15, 0.2) is 0 Å². The van der Waals surface area contributed by atoms with Crippen molar-refractivity contribution in [3.8, 4) is 0 Å². The highest BCUT2D eigenvalue weighted by Gasteiger charge is 2.29. The predicted molar refractivity (Wildman–Crippen MR) is 56.4 cm³/mol. The number of hydrogen-bond donors (Lipinski definition) is 0. The number of rotatable bonds is 0. The van der Waals surface area contributed by atoms with Crippen LogP contribution in [0.15, 0.2) is 11.8 Å². The van der Waals surface area contributed by atoms with E-state index in [-0.39, 0.29) is 0 Å². The van der Waals surface area contributed by atoms with Crippen molar-refractivity contribution < 1.29 is 0 Å². The van der Waals surface area contributed by atoms with Gasteiger partial charge in [-0.05, 0) is 44.2 Å². The first-order chi connectivity index (χ1) is 6.18. The van der Waals surface area contributed by atoms with E-state index in [9.17, 15) is 0 Å². The zero-order chi connectivity index (χ0) is 9.42. The Morgan fingerprint density at radius 3 is 2.92 bits per heavy atom. The lowest BCUT2D eigenvalue weighted by Crippen LogP contribution is -2.24. The van der Waals surface area contributed by atoms with Gasteiger partial charge in [-0.15, -0.1) is 0 Å². The van der Waals surface area contributed by atoms with Gasteiger partial charge in [0.2, 0.25) is 0 Å². The minimum absolute atomic E-state index is 0.783. The van der Waals surface area contributed by atoms with Crippen LogP contribution in [0, 0.1) is 11.8 Å². The van der Waals surface area contributed by atoms with Gasteiger partial charge >= 0.3 is 0 Å². The maximum absolute atomic E-state index is 2.58. The summed E-state index contributed by atoms with van der Waals surface area (Å²) in [6.07, 6.45) is 6.64. The lowest BCUT2D eigenvalue weighted by atomic mass is 9.86. The molecule has 0 aromatic heterocycles. The molecule has 2 rings (SSSR count). The van der Waals surface area contributed by atoms with Crippen molar-refractivity contribution in [1.82, 2.24) is 4.90 Å². The monoisotopic (exact) mass is 179 g/mol. The number of fused-ring (bicyclic) bond motifs is 1.